The van der Waals surface area contributed by atoms with Gasteiger partial charge in [-0.25, -0.2) is 0 Å². The van der Waals surface area contributed by atoms with Gasteiger partial charge in [-0.1, -0.05) is 34.5 Å². The first kappa shape index (κ1) is 14.1. The SMILES string of the molecule is CCNC(c1cc(Cl)ccc1Br)c1occc1Br. The number of furan rings is 1. The van der Waals surface area contributed by atoms with Gasteiger partial charge in [-0.3, -0.25) is 0 Å². The third kappa shape index (κ3) is 2.99. The average Bonchev–Trinajstić information content (AvgIpc) is 2.76. The molecule has 1 aromatic heterocycles. The minimum absolute atomic E-state index is 0.0348. The number of hydrogen-bond acceptors (Lipinski definition) is 2. The van der Waals surface area contributed by atoms with E-state index in [4.69, 9.17) is 16.0 Å². The van der Waals surface area contributed by atoms with Crippen molar-refractivity contribution in [2.75, 3.05) is 6.54 Å². The quantitative estimate of drug-likeness (QED) is 0.776. The Labute approximate surface area is 128 Å². The van der Waals surface area contributed by atoms with E-state index in [9.17, 15) is 0 Å². The van der Waals surface area contributed by atoms with Crippen molar-refractivity contribution < 1.29 is 4.42 Å². The smallest absolute Gasteiger partial charge is 0.139 e. The molecule has 0 aliphatic heterocycles. The van der Waals surface area contributed by atoms with Gasteiger partial charge in [0, 0.05) is 9.50 Å². The molecule has 18 heavy (non-hydrogen) atoms. The van der Waals surface area contributed by atoms with Crippen molar-refractivity contribution in [3.8, 4) is 0 Å². The zero-order valence-electron chi connectivity index (χ0n) is 9.71. The van der Waals surface area contributed by atoms with E-state index >= 15 is 0 Å². The highest BCUT2D eigenvalue weighted by Gasteiger charge is 2.21. The van der Waals surface area contributed by atoms with Crippen LogP contribution in [0.25, 0.3) is 0 Å². The Bertz CT molecular complexity index is 542. The molecule has 0 spiro atoms. The van der Waals surface area contributed by atoms with Crippen LogP contribution in [0.15, 0.2) is 43.9 Å². The minimum Gasteiger partial charge on any atom is -0.466 e. The van der Waals surface area contributed by atoms with Crippen molar-refractivity contribution in [1.82, 2.24) is 5.32 Å². The molecule has 0 aliphatic rings. The van der Waals surface area contributed by atoms with Gasteiger partial charge in [0.2, 0.25) is 0 Å². The molecule has 1 N–H and O–H groups in total. The van der Waals surface area contributed by atoms with Crippen molar-refractivity contribution in [3.63, 3.8) is 0 Å². The van der Waals surface area contributed by atoms with E-state index in [1.165, 1.54) is 0 Å². The Kier molecular flexibility index (Phi) is 4.90. The van der Waals surface area contributed by atoms with Crippen LogP contribution in [0.3, 0.4) is 0 Å². The van der Waals surface area contributed by atoms with Gasteiger partial charge in [-0.05, 0) is 52.3 Å². The van der Waals surface area contributed by atoms with Crippen LogP contribution in [0.4, 0.5) is 0 Å². The summed E-state index contributed by atoms with van der Waals surface area (Å²) >= 11 is 13.1. The van der Waals surface area contributed by atoms with Gasteiger partial charge in [0.25, 0.3) is 0 Å². The summed E-state index contributed by atoms with van der Waals surface area (Å²) in [5.74, 6) is 0.847. The molecule has 5 heteroatoms. The monoisotopic (exact) mass is 391 g/mol. The van der Waals surface area contributed by atoms with E-state index in [1.54, 1.807) is 6.26 Å². The lowest BCUT2D eigenvalue weighted by Gasteiger charge is -2.18. The molecule has 1 heterocycles. The van der Waals surface area contributed by atoms with Crippen LogP contribution in [0, 0.1) is 0 Å². The highest BCUT2D eigenvalue weighted by molar-refractivity contribution is 9.10. The largest absolute Gasteiger partial charge is 0.466 e. The van der Waals surface area contributed by atoms with E-state index in [2.05, 4.69) is 44.1 Å². The van der Waals surface area contributed by atoms with Crippen LogP contribution in [0.5, 0.6) is 0 Å². The Balaban J connectivity index is 2.48. The van der Waals surface area contributed by atoms with E-state index in [0.717, 1.165) is 26.8 Å². The molecular formula is C13H12Br2ClNO. The van der Waals surface area contributed by atoms with Crippen LogP contribution in [-0.2, 0) is 0 Å². The number of benzene rings is 1. The Morgan fingerprint density at radius 1 is 1.28 bits per heavy atom. The zero-order valence-corrected chi connectivity index (χ0v) is 13.6. The molecule has 0 radical (unpaired) electrons. The van der Waals surface area contributed by atoms with E-state index in [1.807, 2.05) is 24.3 Å². The van der Waals surface area contributed by atoms with Crippen LogP contribution in [0.2, 0.25) is 5.02 Å². The molecule has 0 aliphatic carbocycles. The van der Waals surface area contributed by atoms with Crippen molar-refractivity contribution in [2.45, 2.75) is 13.0 Å². The third-order valence-corrected chi connectivity index (χ3v) is 4.20. The standard InChI is InChI=1S/C13H12Br2ClNO/c1-2-17-12(13-11(15)5-6-18-13)9-7-8(16)3-4-10(9)14/h3-7,12,17H,2H2,1H3. The van der Waals surface area contributed by atoms with Gasteiger partial charge >= 0.3 is 0 Å². The lowest BCUT2D eigenvalue weighted by atomic mass is 10.0. The Morgan fingerprint density at radius 3 is 2.67 bits per heavy atom. The highest BCUT2D eigenvalue weighted by atomic mass is 79.9. The predicted molar refractivity (Wildman–Crippen MR) is 81.1 cm³/mol. The van der Waals surface area contributed by atoms with E-state index < -0.39 is 0 Å². The molecular weight excluding hydrogens is 381 g/mol. The summed E-state index contributed by atoms with van der Waals surface area (Å²) in [6, 6.07) is 7.59. The maximum absolute atomic E-state index is 6.07. The van der Waals surface area contributed by atoms with Crippen molar-refractivity contribution in [1.29, 1.82) is 0 Å². The minimum atomic E-state index is -0.0348. The first-order valence-electron chi connectivity index (χ1n) is 5.54. The molecule has 0 fully saturated rings. The lowest BCUT2D eigenvalue weighted by Crippen LogP contribution is -2.22. The molecule has 1 aromatic carbocycles. The first-order valence-corrected chi connectivity index (χ1v) is 7.51. The summed E-state index contributed by atoms with van der Waals surface area (Å²) < 4.78 is 7.50. The molecule has 2 rings (SSSR count). The number of hydrogen-bond donors (Lipinski definition) is 1. The van der Waals surface area contributed by atoms with Crippen LogP contribution >= 0.6 is 43.5 Å². The fourth-order valence-electron chi connectivity index (χ4n) is 1.80. The molecule has 2 aromatic rings. The zero-order chi connectivity index (χ0) is 13.1. The Hall–Kier alpha value is -0.290. The normalized spacial score (nSPS) is 12.7. The van der Waals surface area contributed by atoms with Gasteiger partial charge < -0.3 is 9.73 Å². The van der Waals surface area contributed by atoms with Crippen molar-refractivity contribution >= 4 is 43.5 Å². The molecule has 0 amide bonds. The first-order chi connectivity index (χ1) is 8.63. The summed E-state index contributed by atoms with van der Waals surface area (Å²) in [5.41, 5.74) is 1.06. The van der Waals surface area contributed by atoms with E-state index in [0.29, 0.717) is 5.02 Å². The average molecular weight is 394 g/mol. The number of halogens is 3. The van der Waals surface area contributed by atoms with Gasteiger partial charge in [-0.2, -0.15) is 0 Å². The van der Waals surface area contributed by atoms with Crippen LogP contribution in [0.1, 0.15) is 24.3 Å². The van der Waals surface area contributed by atoms with E-state index in [-0.39, 0.29) is 6.04 Å². The second-order valence-corrected chi connectivity index (χ2v) is 5.93. The molecule has 0 bridgehead atoms. The maximum Gasteiger partial charge on any atom is 0.139 e. The summed E-state index contributed by atoms with van der Waals surface area (Å²) in [4.78, 5) is 0. The molecule has 96 valence electrons. The third-order valence-electron chi connectivity index (χ3n) is 2.58. The Morgan fingerprint density at radius 2 is 2.06 bits per heavy atom. The summed E-state index contributed by atoms with van der Waals surface area (Å²) in [5, 5.41) is 4.10. The topological polar surface area (TPSA) is 25.2 Å². The lowest BCUT2D eigenvalue weighted by molar-refractivity contribution is 0.449. The summed E-state index contributed by atoms with van der Waals surface area (Å²) in [6.45, 7) is 2.89. The fourth-order valence-corrected chi connectivity index (χ4v) is 2.88. The van der Waals surface area contributed by atoms with Gasteiger partial charge in [0.15, 0.2) is 0 Å². The van der Waals surface area contributed by atoms with Crippen molar-refractivity contribution in [3.05, 3.63) is 55.8 Å². The summed E-state index contributed by atoms with van der Waals surface area (Å²) in [7, 11) is 0. The summed E-state index contributed by atoms with van der Waals surface area (Å²) in [6.07, 6.45) is 1.67. The molecule has 1 unspecified atom stereocenters. The number of rotatable bonds is 4. The van der Waals surface area contributed by atoms with Gasteiger partial charge in [-0.15, -0.1) is 0 Å². The number of nitrogens with one attached hydrogen (secondary N) is 1. The molecule has 0 saturated heterocycles. The van der Waals surface area contributed by atoms with Crippen LogP contribution in [-0.4, -0.2) is 6.54 Å². The molecule has 0 saturated carbocycles. The van der Waals surface area contributed by atoms with Crippen LogP contribution < -0.4 is 5.32 Å². The second kappa shape index (κ2) is 6.24. The highest BCUT2D eigenvalue weighted by Crippen LogP contribution is 2.34. The predicted octanol–water partition coefficient (Wildman–Crippen LogP) is 5.16. The van der Waals surface area contributed by atoms with Crippen molar-refractivity contribution in [2.24, 2.45) is 0 Å². The fraction of sp³-hybridized carbons (Fsp3) is 0.231. The maximum atomic E-state index is 6.07. The molecule has 2 nitrogen and oxygen atoms in total. The van der Waals surface area contributed by atoms with Gasteiger partial charge in [0.05, 0.1) is 16.8 Å². The second-order valence-electron chi connectivity index (χ2n) is 3.79. The molecule has 1 atom stereocenters. The van der Waals surface area contributed by atoms with Gasteiger partial charge in [0.1, 0.15) is 5.76 Å².